The Bertz CT molecular complexity index is 983. The molecule has 7 nitrogen and oxygen atoms in total. The summed E-state index contributed by atoms with van der Waals surface area (Å²) in [6, 6.07) is 11.0. The van der Waals surface area contributed by atoms with Gasteiger partial charge in [0.1, 0.15) is 11.8 Å². The molecule has 0 saturated carbocycles. The van der Waals surface area contributed by atoms with Gasteiger partial charge in [-0.3, -0.25) is 9.59 Å². The summed E-state index contributed by atoms with van der Waals surface area (Å²) < 4.78 is 0. The molecule has 0 aliphatic rings. The first-order valence-electron chi connectivity index (χ1n) is 10.0. The fourth-order valence-corrected chi connectivity index (χ4v) is 3.17. The Hall–Kier alpha value is -3.63. The van der Waals surface area contributed by atoms with Crippen LogP contribution in [0.4, 0.5) is 0 Å². The van der Waals surface area contributed by atoms with Gasteiger partial charge in [0.15, 0.2) is 0 Å². The highest BCUT2D eigenvalue weighted by Gasteiger charge is 2.21. The van der Waals surface area contributed by atoms with E-state index in [0.29, 0.717) is 18.4 Å². The average molecular weight is 421 g/mol. The molecule has 0 fully saturated rings. The van der Waals surface area contributed by atoms with Gasteiger partial charge in [-0.25, -0.2) is 0 Å². The van der Waals surface area contributed by atoms with Gasteiger partial charge in [-0.05, 0) is 80.1 Å². The minimum absolute atomic E-state index is 0.175. The van der Waals surface area contributed by atoms with Crippen molar-refractivity contribution in [2.75, 3.05) is 0 Å². The summed E-state index contributed by atoms with van der Waals surface area (Å²) in [5.41, 5.74) is 10.3. The van der Waals surface area contributed by atoms with Gasteiger partial charge in [0.05, 0.1) is 17.7 Å². The zero-order valence-corrected chi connectivity index (χ0v) is 18.0. The zero-order valence-electron chi connectivity index (χ0n) is 18.0. The Morgan fingerprint density at radius 3 is 2.35 bits per heavy atom. The molecule has 1 unspecified atom stereocenters. The third kappa shape index (κ3) is 6.98. The summed E-state index contributed by atoms with van der Waals surface area (Å²) in [5, 5.41) is 23.7. The van der Waals surface area contributed by atoms with Gasteiger partial charge in [-0.15, -0.1) is 0 Å². The molecule has 0 radical (unpaired) electrons. The number of nitrogens with one attached hydrogen (secondary N) is 2. The van der Waals surface area contributed by atoms with Crippen LogP contribution in [0.25, 0.3) is 0 Å². The molecule has 31 heavy (non-hydrogen) atoms. The molecule has 0 spiro atoms. The van der Waals surface area contributed by atoms with Crippen LogP contribution < -0.4 is 16.4 Å². The molecule has 0 saturated heterocycles. The van der Waals surface area contributed by atoms with E-state index in [1.807, 2.05) is 26.0 Å². The first-order chi connectivity index (χ1) is 14.7. The molecule has 2 amide bonds. The molecule has 0 aliphatic heterocycles. The molecular formula is C24H28N4O3. The monoisotopic (exact) mass is 420 g/mol. The molecule has 0 bridgehead atoms. The van der Waals surface area contributed by atoms with Gasteiger partial charge >= 0.3 is 0 Å². The van der Waals surface area contributed by atoms with Crippen LogP contribution in [0.2, 0.25) is 0 Å². The normalized spacial score (nSPS) is 12.7. The Balaban J connectivity index is 1.83. The van der Waals surface area contributed by atoms with E-state index in [2.05, 4.69) is 16.7 Å². The van der Waals surface area contributed by atoms with E-state index in [-0.39, 0.29) is 11.7 Å². The van der Waals surface area contributed by atoms with Crippen molar-refractivity contribution in [3.05, 3.63) is 76.5 Å². The summed E-state index contributed by atoms with van der Waals surface area (Å²) in [6.45, 7) is 5.30. The maximum absolute atomic E-state index is 12.4. The van der Waals surface area contributed by atoms with E-state index in [9.17, 15) is 14.7 Å². The minimum Gasteiger partial charge on any atom is -0.508 e. The standard InChI is InChI=1S/C24H28N4O3/c1-15-11-20(29)12-16(2)21(15)13-22(26)24(31)28-17(3)23(30)27-10-4-5-18-6-8-19(14-25)9-7-18/h4,6-12,17,22,29H,5,13,26H2,1-3H3,(H,27,30)(H,28,31)/b10-4+/t17-,22?/m1/s1. The topological polar surface area (TPSA) is 128 Å². The van der Waals surface area contributed by atoms with Crippen molar-refractivity contribution in [1.29, 1.82) is 5.26 Å². The first-order valence-corrected chi connectivity index (χ1v) is 10.0. The number of aromatic hydroxyl groups is 1. The number of phenols is 1. The van der Waals surface area contributed by atoms with Crippen LogP contribution in [0.1, 0.15) is 34.7 Å². The van der Waals surface area contributed by atoms with Crippen molar-refractivity contribution in [1.82, 2.24) is 10.6 Å². The number of allylic oxidation sites excluding steroid dienone is 1. The Labute approximate surface area is 182 Å². The second-order valence-corrected chi connectivity index (χ2v) is 7.52. The van der Waals surface area contributed by atoms with Crippen molar-refractivity contribution in [2.45, 2.75) is 45.7 Å². The van der Waals surface area contributed by atoms with Gasteiger partial charge in [0, 0.05) is 6.20 Å². The molecule has 2 rings (SSSR count). The molecule has 5 N–H and O–H groups in total. The van der Waals surface area contributed by atoms with Crippen molar-refractivity contribution in [3.63, 3.8) is 0 Å². The van der Waals surface area contributed by atoms with Gasteiger partial charge in [0.2, 0.25) is 11.8 Å². The fourth-order valence-electron chi connectivity index (χ4n) is 3.17. The highest BCUT2D eigenvalue weighted by molar-refractivity contribution is 5.89. The number of rotatable bonds is 8. The average Bonchev–Trinajstić information content (AvgIpc) is 2.73. The Kier molecular flexibility index (Phi) is 8.35. The second kappa shape index (κ2) is 11.0. The van der Waals surface area contributed by atoms with Crippen LogP contribution in [0, 0.1) is 25.2 Å². The zero-order chi connectivity index (χ0) is 23.0. The number of aryl methyl sites for hydroxylation is 2. The molecule has 2 aromatic rings. The predicted molar refractivity (Wildman–Crippen MR) is 119 cm³/mol. The number of nitrogens with zero attached hydrogens (tertiary/aromatic N) is 1. The van der Waals surface area contributed by atoms with Crippen molar-refractivity contribution in [3.8, 4) is 11.8 Å². The third-order valence-electron chi connectivity index (χ3n) is 4.97. The lowest BCUT2D eigenvalue weighted by atomic mass is 9.96. The summed E-state index contributed by atoms with van der Waals surface area (Å²) in [5.74, 6) is -0.598. The molecule has 162 valence electrons. The lowest BCUT2D eigenvalue weighted by Crippen LogP contribution is -2.50. The molecule has 0 heterocycles. The van der Waals surface area contributed by atoms with Gasteiger partial charge in [-0.1, -0.05) is 18.2 Å². The molecule has 2 aromatic carbocycles. The SMILES string of the molecule is Cc1cc(O)cc(C)c1CC(N)C(=O)N[C@H](C)C(=O)N/C=C/Cc1ccc(C#N)cc1. The van der Waals surface area contributed by atoms with E-state index >= 15 is 0 Å². The summed E-state index contributed by atoms with van der Waals surface area (Å²) in [4.78, 5) is 24.6. The molecule has 0 aliphatic carbocycles. The smallest absolute Gasteiger partial charge is 0.246 e. The predicted octanol–water partition coefficient (Wildman–Crippen LogP) is 2.13. The number of amides is 2. The summed E-state index contributed by atoms with van der Waals surface area (Å²) >= 11 is 0. The van der Waals surface area contributed by atoms with Gasteiger partial charge in [0.25, 0.3) is 0 Å². The first kappa shape index (κ1) is 23.6. The molecule has 7 heteroatoms. The number of nitriles is 1. The second-order valence-electron chi connectivity index (χ2n) is 7.52. The number of hydrogen-bond acceptors (Lipinski definition) is 5. The number of benzene rings is 2. The van der Waals surface area contributed by atoms with Gasteiger partial charge < -0.3 is 21.5 Å². The minimum atomic E-state index is -0.816. The highest BCUT2D eigenvalue weighted by atomic mass is 16.3. The maximum atomic E-state index is 12.4. The van der Waals surface area contributed by atoms with E-state index in [4.69, 9.17) is 11.0 Å². The lowest BCUT2D eigenvalue weighted by molar-refractivity contribution is -0.128. The number of carbonyl (C=O) groups is 2. The van der Waals surface area contributed by atoms with Crippen LogP contribution >= 0.6 is 0 Å². The van der Waals surface area contributed by atoms with Crippen LogP contribution in [-0.2, 0) is 22.4 Å². The molecule has 0 aromatic heterocycles. The Morgan fingerprint density at radius 1 is 1.16 bits per heavy atom. The highest BCUT2D eigenvalue weighted by Crippen LogP contribution is 2.21. The van der Waals surface area contributed by atoms with Crippen molar-refractivity contribution >= 4 is 11.8 Å². The van der Waals surface area contributed by atoms with E-state index in [0.717, 1.165) is 22.3 Å². The summed E-state index contributed by atoms with van der Waals surface area (Å²) in [7, 11) is 0. The lowest BCUT2D eigenvalue weighted by Gasteiger charge is -2.18. The molecular weight excluding hydrogens is 392 g/mol. The number of phenolic OH excluding ortho intramolecular Hbond substituents is 1. The van der Waals surface area contributed by atoms with E-state index in [1.165, 1.54) is 6.20 Å². The maximum Gasteiger partial charge on any atom is 0.246 e. The van der Waals surface area contributed by atoms with Crippen LogP contribution in [0.15, 0.2) is 48.7 Å². The third-order valence-corrected chi connectivity index (χ3v) is 4.97. The number of nitrogens with two attached hydrogens (primary N) is 1. The van der Waals surface area contributed by atoms with Crippen molar-refractivity contribution < 1.29 is 14.7 Å². The van der Waals surface area contributed by atoms with Crippen LogP contribution in [-0.4, -0.2) is 29.0 Å². The number of hydrogen-bond donors (Lipinski definition) is 4. The number of carbonyl (C=O) groups excluding carboxylic acids is 2. The van der Waals surface area contributed by atoms with Gasteiger partial charge in [-0.2, -0.15) is 5.26 Å². The van der Waals surface area contributed by atoms with E-state index < -0.39 is 18.0 Å². The van der Waals surface area contributed by atoms with Crippen LogP contribution in [0.5, 0.6) is 5.75 Å². The fraction of sp³-hybridized carbons (Fsp3) is 0.292. The van der Waals surface area contributed by atoms with Crippen molar-refractivity contribution in [2.24, 2.45) is 5.73 Å². The van der Waals surface area contributed by atoms with Crippen LogP contribution in [0.3, 0.4) is 0 Å². The quantitative estimate of drug-likeness (QED) is 0.520. The summed E-state index contributed by atoms with van der Waals surface area (Å²) in [6.07, 6.45) is 4.23. The van der Waals surface area contributed by atoms with E-state index in [1.54, 1.807) is 37.3 Å². The Morgan fingerprint density at radius 2 is 1.77 bits per heavy atom. The molecule has 2 atom stereocenters. The largest absolute Gasteiger partial charge is 0.508 e.